The van der Waals surface area contributed by atoms with Crippen molar-refractivity contribution in [2.45, 2.75) is 44.3 Å². The Morgan fingerprint density at radius 1 is 1.04 bits per heavy atom. The van der Waals surface area contributed by atoms with Gasteiger partial charge in [-0.1, -0.05) is 6.07 Å². The molecule has 0 bridgehead atoms. The molecular weight excluding hydrogens is 344 g/mol. The summed E-state index contributed by atoms with van der Waals surface area (Å²) in [6.07, 6.45) is 1.74. The summed E-state index contributed by atoms with van der Waals surface area (Å²) in [6, 6.07) is 8.00. The fraction of sp³-hybridized carbons (Fsp3) is 0.455. The second-order valence-electron chi connectivity index (χ2n) is 8.02. The van der Waals surface area contributed by atoms with Crippen molar-refractivity contribution in [1.29, 1.82) is 0 Å². The molecule has 0 N–H and O–H groups in total. The molecular formula is C22H24O5. The third-order valence-electron chi connectivity index (χ3n) is 5.85. The second-order valence-corrected chi connectivity index (χ2v) is 8.02. The van der Waals surface area contributed by atoms with Crippen LogP contribution in [0.5, 0.6) is 28.7 Å². The molecule has 5 nitrogen and oxygen atoms in total. The third kappa shape index (κ3) is 2.44. The van der Waals surface area contributed by atoms with Gasteiger partial charge in [-0.25, -0.2) is 0 Å². The number of hydrogen-bond acceptors (Lipinski definition) is 5. The summed E-state index contributed by atoms with van der Waals surface area (Å²) < 4.78 is 30.0. The highest BCUT2D eigenvalue weighted by atomic mass is 16.5. The largest absolute Gasteiger partial charge is 0.497 e. The van der Waals surface area contributed by atoms with Crippen molar-refractivity contribution in [3.05, 3.63) is 41.0 Å². The van der Waals surface area contributed by atoms with Crippen LogP contribution >= 0.6 is 0 Å². The normalized spacial score (nSPS) is 23.6. The Hall–Kier alpha value is -2.56. The van der Waals surface area contributed by atoms with Gasteiger partial charge < -0.3 is 23.7 Å². The van der Waals surface area contributed by atoms with Crippen molar-refractivity contribution in [2.75, 3.05) is 20.8 Å². The van der Waals surface area contributed by atoms with Crippen molar-refractivity contribution in [3.8, 4) is 28.7 Å². The molecule has 2 aromatic rings. The zero-order valence-electron chi connectivity index (χ0n) is 16.1. The van der Waals surface area contributed by atoms with Crippen LogP contribution in [0.15, 0.2) is 24.3 Å². The minimum absolute atomic E-state index is 0.119. The van der Waals surface area contributed by atoms with Crippen LogP contribution in [0.25, 0.3) is 0 Å². The molecule has 0 aliphatic carbocycles. The Morgan fingerprint density at radius 2 is 1.89 bits per heavy atom. The molecule has 2 atom stereocenters. The summed E-state index contributed by atoms with van der Waals surface area (Å²) in [5, 5.41) is 0. The first kappa shape index (κ1) is 16.6. The second kappa shape index (κ2) is 5.72. The molecule has 3 aliphatic rings. The Kier molecular flexibility index (Phi) is 3.51. The first-order chi connectivity index (χ1) is 13.0. The maximum atomic E-state index is 6.37. The van der Waals surface area contributed by atoms with Crippen LogP contribution in [0.1, 0.15) is 49.0 Å². The number of rotatable bonds is 2. The van der Waals surface area contributed by atoms with Gasteiger partial charge in [-0.3, -0.25) is 0 Å². The number of ether oxygens (including phenoxy) is 5. The van der Waals surface area contributed by atoms with Crippen LogP contribution in [0.4, 0.5) is 0 Å². The smallest absolute Gasteiger partial charge is 0.141 e. The highest BCUT2D eigenvalue weighted by Crippen LogP contribution is 2.57. The molecule has 0 unspecified atom stereocenters. The van der Waals surface area contributed by atoms with E-state index in [0.717, 1.165) is 58.3 Å². The highest BCUT2D eigenvalue weighted by molar-refractivity contribution is 5.62. The van der Waals surface area contributed by atoms with E-state index in [0.29, 0.717) is 6.61 Å². The van der Waals surface area contributed by atoms with Crippen molar-refractivity contribution in [1.82, 2.24) is 0 Å². The lowest BCUT2D eigenvalue weighted by molar-refractivity contribution is 0.0808. The molecule has 0 spiro atoms. The number of hydrogen-bond donors (Lipinski definition) is 0. The maximum Gasteiger partial charge on any atom is 0.141 e. The standard InChI is InChI=1S/C22H24O5/c1-22(2)8-7-14-17(27-22)10-18-19(20(14)24-4)21-15(11-25-18)13-6-5-12(23-3)9-16(13)26-21/h5-6,9-10,15,21H,7-8,11H2,1-4H3/t15-,21+/m0/s1. The van der Waals surface area contributed by atoms with Crippen molar-refractivity contribution in [3.63, 3.8) is 0 Å². The van der Waals surface area contributed by atoms with Gasteiger partial charge in [-0.05, 0) is 32.8 Å². The topological polar surface area (TPSA) is 46.2 Å². The Morgan fingerprint density at radius 3 is 2.67 bits per heavy atom. The van der Waals surface area contributed by atoms with E-state index in [4.69, 9.17) is 23.7 Å². The Labute approximate surface area is 159 Å². The molecule has 3 aliphatic heterocycles. The first-order valence-electron chi connectivity index (χ1n) is 9.41. The average molecular weight is 368 g/mol. The van der Waals surface area contributed by atoms with Gasteiger partial charge in [-0.15, -0.1) is 0 Å². The highest BCUT2D eigenvalue weighted by Gasteiger charge is 2.44. The molecule has 27 heavy (non-hydrogen) atoms. The van der Waals surface area contributed by atoms with E-state index in [1.54, 1.807) is 14.2 Å². The molecule has 0 fully saturated rings. The summed E-state index contributed by atoms with van der Waals surface area (Å²) in [5.41, 5.74) is 3.08. The van der Waals surface area contributed by atoms with Crippen molar-refractivity contribution < 1.29 is 23.7 Å². The van der Waals surface area contributed by atoms with E-state index in [1.165, 1.54) is 0 Å². The van der Waals surface area contributed by atoms with Gasteiger partial charge in [0.2, 0.25) is 0 Å². The first-order valence-corrected chi connectivity index (χ1v) is 9.41. The van der Waals surface area contributed by atoms with Gasteiger partial charge in [-0.2, -0.15) is 0 Å². The van der Waals surface area contributed by atoms with Crippen LogP contribution < -0.4 is 23.7 Å². The summed E-state index contributed by atoms with van der Waals surface area (Å²) in [6.45, 7) is 4.80. The van der Waals surface area contributed by atoms with Gasteiger partial charge in [0.15, 0.2) is 0 Å². The van der Waals surface area contributed by atoms with Gasteiger partial charge in [0.1, 0.15) is 40.5 Å². The minimum atomic E-state index is -0.180. The van der Waals surface area contributed by atoms with Crippen molar-refractivity contribution in [2.24, 2.45) is 0 Å². The van der Waals surface area contributed by atoms with Crippen LogP contribution in [-0.4, -0.2) is 26.4 Å². The Bertz CT molecular complexity index is 917. The molecule has 3 heterocycles. The van der Waals surface area contributed by atoms with Crippen LogP contribution in [-0.2, 0) is 6.42 Å². The van der Waals surface area contributed by atoms with E-state index in [2.05, 4.69) is 19.9 Å². The molecule has 142 valence electrons. The summed E-state index contributed by atoms with van der Waals surface area (Å²) >= 11 is 0. The number of fused-ring (bicyclic) bond motifs is 6. The lowest BCUT2D eigenvalue weighted by Gasteiger charge is -2.36. The third-order valence-corrected chi connectivity index (χ3v) is 5.85. The molecule has 5 rings (SSSR count). The average Bonchev–Trinajstić information content (AvgIpc) is 3.02. The minimum Gasteiger partial charge on any atom is -0.497 e. The van der Waals surface area contributed by atoms with Gasteiger partial charge in [0, 0.05) is 23.3 Å². The Balaban J connectivity index is 1.62. The van der Waals surface area contributed by atoms with Gasteiger partial charge >= 0.3 is 0 Å². The van der Waals surface area contributed by atoms with Gasteiger partial charge in [0.05, 0.1) is 32.3 Å². The zero-order valence-corrected chi connectivity index (χ0v) is 16.1. The molecule has 0 amide bonds. The van der Waals surface area contributed by atoms with Gasteiger partial charge in [0.25, 0.3) is 0 Å². The van der Waals surface area contributed by atoms with E-state index < -0.39 is 0 Å². The summed E-state index contributed by atoms with van der Waals surface area (Å²) in [5.74, 6) is 4.29. The molecule has 0 saturated carbocycles. The summed E-state index contributed by atoms with van der Waals surface area (Å²) in [4.78, 5) is 0. The molecule has 2 aromatic carbocycles. The van der Waals surface area contributed by atoms with Crippen molar-refractivity contribution >= 4 is 0 Å². The maximum absolute atomic E-state index is 6.37. The predicted octanol–water partition coefficient (Wildman–Crippen LogP) is 4.42. The molecule has 5 heteroatoms. The molecule has 0 saturated heterocycles. The molecule has 0 aromatic heterocycles. The van der Waals surface area contributed by atoms with E-state index in [-0.39, 0.29) is 17.6 Å². The predicted molar refractivity (Wildman–Crippen MR) is 101 cm³/mol. The zero-order chi connectivity index (χ0) is 18.8. The van der Waals surface area contributed by atoms with E-state index in [9.17, 15) is 0 Å². The van der Waals surface area contributed by atoms with E-state index in [1.807, 2.05) is 18.2 Å². The molecule has 0 radical (unpaired) electrons. The van der Waals surface area contributed by atoms with Crippen LogP contribution in [0.2, 0.25) is 0 Å². The van der Waals surface area contributed by atoms with E-state index >= 15 is 0 Å². The van der Waals surface area contributed by atoms with Crippen LogP contribution in [0, 0.1) is 0 Å². The quantitative estimate of drug-likeness (QED) is 0.785. The SMILES string of the molecule is COc1ccc2c(c1)O[C@H]1c3c(cc4c(c3OC)CCC(C)(C)O4)OC[C@@H]21. The summed E-state index contributed by atoms with van der Waals surface area (Å²) in [7, 11) is 3.38. The lowest BCUT2D eigenvalue weighted by atomic mass is 9.85. The fourth-order valence-corrected chi connectivity index (χ4v) is 4.44. The number of methoxy groups -OCH3 is 2. The monoisotopic (exact) mass is 368 g/mol. The lowest BCUT2D eigenvalue weighted by Crippen LogP contribution is -2.33. The number of benzene rings is 2. The fourth-order valence-electron chi connectivity index (χ4n) is 4.44. The van der Waals surface area contributed by atoms with Crippen LogP contribution in [0.3, 0.4) is 0 Å².